The van der Waals surface area contributed by atoms with Gasteiger partial charge in [0.1, 0.15) is 0 Å². The van der Waals surface area contributed by atoms with Crippen molar-refractivity contribution in [2.24, 2.45) is 0 Å². The van der Waals surface area contributed by atoms with E-state index in [4.69, 9.17) is 9.84 Å². The van der Waals surface area contributed by atoms with Gasteiger partial charge in [0, 0.05) is 12.2 Å². The quantitative estimate of drug-likeness (QED) is 0.875. The van der Waals surface area contributed by atoms with E-state index in [1.165, 1.54) is 4.90 Å². The molecule has 0 aliphatic carbocycles. The molecule has 2 heterocycles. The number of nitrogens with zero attached hydrogens (tertiary/aromatic N) is 3. The van der Waals surface area contributed by atoms with Gasteiger partial charge >= 0.3 is 5.97 Å². The fourth-order valence-corrected chi connectivity index (χ4v) is 2.40. The van der Waals surface area contributed by atoms with Crippen LogP contribution in [0.4, 0.5) is 0 Å². The summed E-state index contributed by atoms with van der Waals surface area (Å²) in [6.45, 7) is 8.58. The van der Waals surface area contributed by atoms with Crippen molar-refractivity contribution >= 4 is 11.9 Å². The van der Waals surface area contributed by atoms with E-state index >= 15 is 0 Å². The topological polar surface area (TPSA) is 84.7 Å². The summed E-state index contributed by atoms with van der Waals surface area (Å²) in [6, 6.07) is 1.73. The second-order valence-corrected chi connectivity index (χ2v) is 6.20. The van der Waals surface area contributed by atoms with E-state index < -0.39 is 12.1 Å². The summed E-state index contributed by atoms with van der Waals surface area (Å²) >= 11 is 0. The van der Waals surface area contributed by atoms with Gasteiger partial charge in [0.05, 0.1) is 18.7 Å². The van der Waals surface area contributed by atoms with Gasteiger partial charge in [-0.05, 0) is 33.8 Å². The molecule has 21 heavy (non-hydrogen) atoms. The molecule has 1 aromatic heterocycles. The molecule has 1 aliphatic rings. The number of hydrogen-bond acceptors (Lipinski definition) is 4. The molecule has 1 fully saturated rings. The molecule has 1 atom stereocenters. The van der Waals surface area contributed by atoms with Crippen LogP contribution in [0, 0.1) is 6.92 Å². The number of morpholine rings is 1. The van der Waals surface area contributed by atoms with Gasteiger partial charge in [0.15, 0.2) is 11.8 Å². The first-order valence-electron chi connectivity index (χ1n) is 6.91. The number of aryl methyl sites for hydroxylation is 1. The zero-order valence-electron chi connectivity index (χ0n) is 12.8. The molecule has 0 spiro atoms. The maximum Gasteiger partial charge on any atom is 0.334 e. The largest absolute Gasteiger partial charge is 0.479 e. The van der Waals surface area contributed by atoms with Gasteiger partial charge in [0.2, 0.25) is 0 Å². The maximum atomic E-state index is 12.5. The predicted octanol–water partition coefficient (Wildman–Crippen LogP) is 0.872. The minimum Gasteiger partial charge on any atom is -0.479 e. The van der Waals surface area contributed by atoms with E-state index in [2.05, 4.69) is 5.10 Å². The van der Waals surface area contributed by atoms with Gasteiger partial charge in [-0.3, -0.25) is 9.48 Å². The minimum atomic E-state index is -1.05. The Kier molecular flexibility index (Phi) is 4.04. The third kappa shape index (κ3) is 3.24. The third-order valence-corrected chi connectivity index (χ3v) is 3.37. The summed E-state index contributed by atoms with van der Waals surface area (Å²) < 4.78 is 6.92. The fourth-order valence-electron chi connectivity index (χ4n) is 2.40. The highest BCUT2D eigenvalue weighted by Gasteiger charge is 2.31. The molecule has 0 aromatic carbocycles. The number of aromatic nitrogens is 2. The normalized spacial score (nSPS) is 19.6. The van der Waals surface area contributed by atoms with Gasteiger partial charge in [-0.1, -0.05) is 0 Å². The molecule has 116 valence electrons. The number of rotatable bonds is 2. The smallest absolute Gasteiger partial charge is 0.334 e. The molecule has 7 heteroatoms. The molecular formula is C14H21N3O4. The van der Waals surface area contributed by atoms with Gasteiger partial charge < -0.3 is 14.7 Å². The molecule has 1 aliphatic heterocycles. The fraction of sp³-hybridized carbons (Fsp3) is 0.643. The Labute approximate surface area is 123 Å². The molecule has 1 saturated heterocycles. The molecule has 2 rings (SSSR count). The Hall–Kier alpha value is -1.89. The van der Waals surface area contributed by atoms with Gasteiger partial charge in [-0.2, -0.15) is 5.10 Å². The lowest BCUT2D eigenvalue weighted by Crippen LogP contribution is -2.48. The molecule has 0 unspecified atom stereocenters. The van der Waals surface area contributed by atoms with E-state index in [9.17, 15) is 9.59 Å². The molecule has 7 nitrogen and oxygen atoms in total. The lowest BCUT2D eigenvalue weighted by Gasteiger charge is -2.30. The van der Waals surface area contributed by atoms with Gasteiger partial charge in [-0.15, -0.1) is 0 Å². The van der Waals surface area contributed by atoms with Crippen LogP contribution in [0.3, 0.4) is 0 Å². The van der Waals surface area contributed by atoms with Crippen molar-refractivity contribution in [3.05, 3.63) is 17.5 Å². The Morgan fingerprint density at radius 3 is 2.62 bits per heavy atom. The third-order valence-electron chi connectivity index (χ3n) is 3.37. The summed E-state index contributed by atoms with van der Waals surface area (Å²) in [7, 11) is 0. The van der Waals surface area contributed by atoms with Crippen molar-refractivity contribution < 1.29 is 19.4 Å². The van der Waals surface area contributed by atoms with Crippen LogP contribution in [-0.4, -0.2) is 57.5 Å². The number of hydrogen-bond donors (Lipinski definition) is 1. The van der Waals surface area contributed by atoms with Crippen molar-refractivity contribution in [2.75, 3.05) is 19.7 Å². The average molecular weight is 295 g/mol. The highest BCUT2D eigenvalue weighted by atomic mass is 16.5. The van der Waals surface area contributed by atoms with Crippen molar-refractivity contribution in [1.82, 2.24) is 14.7 Å². The highest BCUT2D eigenvalue weighted by molar-refractivity contribution is 5.93. The second-order valence-electron chi connectivity index (χ2n) is 6.20. The first-order valence-corrected chi connectivity index (χ1v) is 6.91. The van der Waals surface area contributed by atoms with E-state index in [0.29, 0.717) is 12.2 Å². The van der Waals surface area contributed by atoms with Crippen LogP contribution in [0.15, 0.2) is 6.07 Å². The van der Waals surface area contributed by atoms with E-state index in [1.807, 2.05) is 27.7 Å². The number of carbonyl (C=O) groups is 2. The summed E-state index contributed by atoms with van der Waals surface area (Å²) in [5, 5.41) is 13.3. The highest BCUT2D eigenvalue weighted by Crippen LogP contribution is 2.18. The van der Waals surface area contributed by atoms with E-state index in [1.54, 1.807) is 10.7 Å². The maximum absolute atomic E-state index is 12.5. The van der Waals surface area contributed by atoms with E-state index in [-0.39, 0.29) is 24.6 Å². The molecule has 0 radical (unpaired) electrons. The Balaban J connectivity index is 2.19. The predicted molar refractivity (Wildman–Crippen MR) is 75.2 cm³/mol. The monoisotopic (exact) mass is 295 g/mol. The van der Waals surface area contributed by atoms with E-state index in [0.717, 1.165) is 5.69 Å². The van der Waals surface area contributed by atoms with Crippen LogP contribution >= 0.6 is 0 Å². The molecule has 1 aromatic rings. The van der Waals surface area contributed by atoms with Crippen molar-refractivity contribution in [2.45, 2.75) is 39.3 Å². The lowest BCUT2D eigenvalue weighted by molar-refractivity contribution is -0.154. The number of carboxylic acids is 1. The van der Waals surface area contributed by atoms with Crippen LogP contribution in [0.25, 0.3) is 0 Å². The second kappa shape index (κ2) is 5.48. The molecule has 1 N–H and O–H groups in total. The summed E-state index contributed by atoms with van der Waals surface area (Å²) in [4.78, 5) is 24.9. The van der Waals surface area contributed by atoms with Crippen LogP contribution in [0.5, 0.6) is 0 Å². The number of aliphatic carboxylic acids is 1. The van der Waals surface area contributed by atoms with Crippen LogP contribution in [0.2, 0.25) is 0 Å². The summed E-state index contributed by atoms with van der Waals surface area (Å²) in [5.74, 6) is -1.31. The summed E-state index contributed by atoms with van der Waals surface area (Å²) in [6.07, 6.45) is -0.964. The van der Waals surface area contributed by atoms with Crippen LogP contribution < -0.4 is 0 Å². The Bertz CT molecular complexity index is 559. The first kappa shape index (κ1) is 15.5. The SMILES string of the molecule is Cc1cc(C(=O)N2CCO[C@H](C(=O)O)C2)nn1C(C)(C)C. The Morgan fingerprint density at radius 1 is 1.43 bits per heavy atom. The van der Waals surface area contributed by atoms with Crippen molar-refractivity contribution in [3.63, 3.8) is 0 Å². The standard InChI is InChI=1S/C14H21N3O4/c1-9-7-10(15-17(9)14(2,3)4)12(18)16-5-6-21-11(8-16)13(19)20/h7,11H,5-6,8H2,1-4H3,(H,19,20)/t11-/m0/s1. The number of carbonyl (C=O) groups excluding carboxylic acids is 1. The zero-order valence-corrected chi connectivity index (χ0v) is 12.8. The number of ether oxygens (including phenoxy) is 1. The van der Waals surface area contributed by atoms with Gasteiger partial charge in [0.25, 0.3) is 5.91 Å². The van der Waals surface area contributed by atoms with Crippen molar-refractivity contribution in [3.8, 4) is 0 Å². The molecular weight excluding hydrogens is 274 g/mol. The summed E-state index contributed by atoms with van der Waals surface area (Å²) in [5.41, 5.74) is 1.03. The van der Waals surface area contributed by atoms with Crippen LogP contribution in [0.1, 0.15) is 37.0 Å². The lowest BCUT2D eigenvalue weighted by atomic mass is 10.1. The minimum absolute atomic E-state index is 0.0512. The molecule has 0 bridgehead atoms. The zero-order chi connectivity index (χ0) is 15.8. The average Bonchev–Trinajstić information content (AvgIpc) is 2.80. The number of amides is 1. The molecule has 0 saturated carbocycles. The number of carboxylic acid groups (broad SMARTS) is 1. The first-order chi connectivity index (χ1) is 9.70. The Morgan fingerprint density at radius 2 is 2.10 bits per heavy atom. The molecule has 1 amide bonds. The van der Waals surface area contributed by atoms with Crippen molar-refractivity contribution in [1.29, 1.82) is 0 Å². The van der Waals surface area contributed by atoms with Gasteiger partial charge in [-0.25, -0.2) is 4.79 Å². The van der Waals surface area contributed by atoms with Crippen LogP contribution in [-0.2, 0) is 15.1 Å².